The summed E-state index contributed by atoms with van der Waals surface area (Å²) in [6.45, 7) is 7.83. The Morgan fingerprint density at radius 1 is 1.13 bits per heavy atom. The van der Waals surface area contributed by atoms with Gasteiger partial charge in [0.1, 0.15) is 0 Å². The summed E-state index contributed by atoms with van der Waals surface area (Å²) < 4.78 is 33.1. The molecular weight excluding hydrogens is 418 g/mol. The van der Waals surface area contributed by atoms with Crippen molar-refractivity contribution >= 4 is 27.6 Å². The minimum Gasteiger partial charge on any atom is -0.449 e. The number of amides is 1. The van der Waals surface area contributed by atoms with Gasteiger partial charge in [0, 0.05) is 32.7 Å². The van der Waals surface area contributed by atoms with E-state index in [1.165, 1.54) is 23.4 Å². The van der Waals surface area contributed by atoms with Crippen LogP contribution < -0.4 is 10.2 Å². The van der Waals surface area contributed by atoms with Crippen molar-refractivity contribution in [2.24, 2.45) is 0 Å². The number of nitrogens with one attached hydrogen (secondary N) is 1. The van der Waals surface area contributed by atoms with Crippen LogP contribution in [0, 0.1) is 0 Å². The van der Waals surface area contributed by atoms with E-state index >= 15 is 0 Å². The number of ether oxygens (including phenoxy) is 1. The van der Waals surface area contributed by atoms with Gasteiger partial charge in [-0.15, -0.1) is 6.58 Å². The zero-order chi connectivity index (χ0) is 22.4. The van der Waals surface area contributed by atoms with Gasteiger partial charge in [0.2, 0.25) is 10.0 Å². The van der Waals surface area contributed by atoms with Crippen LogP contribution in [0.4, 0.5) is 5.69 Å². The molecule has 170 valence electrons. The van der Waals surface area contributed by atoms with Crippen LogP contribution in [-0.4, -0.2) is 63.4 Å². The second-order valence-electron chi connectivity index (χ2n) is 7.92. The molecule has 2 aliphatic heterocycles. The number of esters is 1. The average Bonchev–Trinajstić information content (AvgIpc) is 3.32. The van der Waals surface area contributed by atoms with E-state index in [2.05, 4.69) is 16.8 Å². The second-order valence-corrected chi connectivity index (χ2v) is 9.86. The van der Waals surface area contributed by atoms with Gasteiger partial charge in [-0.25, -0.2) is 13.2 Å². The maximum Gasteiger partial charge on any atom is 0.341 e. The van der Waals surface area contributed by atoms with Gasteiger partial charge >= 0.3 is 5.97 Å². The van der Waals surface area contributed by atoms with E-state index in [1.807, 2.05) is 0 Å². The molecule has 2 heterocycles. The van der Waals surface area contributed by atoms with Crippen LogP contribution in [0.1, 0.15) is 49.4 Å². The van der Waals surface area contributed by atoms with Gasteiger partial charge in [0.05, 0.1) is 16.1 Å². The van der Waals surface area contributed by atoms with Crippen molar-refractivity contribution in [3.05, 3.63) is 36.4 Å². The van der Waals surface area contributed by atoms with Crippen LogP contribution in [0.15, 0.2) is 35.7 Å². The number of hydrogen-bond acceptors (Lipinski definition) is 6. The molecule has 1 unspecified atom stereocenters. The molecule has 2 aliphatic rings. The standard InChI is InChI=1S/C22H31N3O5S/c1-3-11-23-21(26)17(2)30-22(27)19-16-18(9-10-20(19)24-12-7-8-13-24)31(28,29)25-14-5-4-6-15-25/h3,9-10,16-17H,1,4-8,11-15H2,2H3,(H,23,26). The van der Waals surface area contributed by atoms with E-state index < -0.39 is 28.0 Å². The van der Waals surface area contributed by atoms with E-state index in [0.29, 0.717) is 18.8 Å². The molecule has 1 atom stereocenters. The zero-order valence-electron chi connectivity index (χ0n) is 18.0. The Bertz CT molecular complexity index is 919. The van der Waals surface area contributed by atoms with E-state index in [1.54, 1.807) is 12.1 Å². The highest BCUT2D eigenvalue weighted by molar-refractivity contribution is 7.89. The lowest BCUT2D eigenvalue weighted by molar-refractivity contribution is -0.128. The fourth-order valence-corrected chi connectivity index (χ4v) is 5.47. The summed E-state index contributed by atoms with van der Waals surface area (Å²) >= 11 is 0. The van der Waals surface area contributed by atoms with E-state index in [0.717, 1.165) is 45.2 Å². The minimum absolute atomic E-state index is 0.0769. The molecule has 0 aliphatic carbocycles. The normalized spacial score (nSPS) is 18.4. The molecule has 2 saturated heterocycles. The number of rotatable bonds is 8. The number of piperidine rings is 1. The Labute approximate surface area is 184 Å². The first-order valence-corrected chi connectivity index (χ1v) is 12.3. The second kappa shape index (κ2) is 10.3. The minimum atomic E-state index is -3.70. The predicted octanol–water partition coefficient (Wildman–Crippen LogP) is 2.31. The monoisotopic (exact) mass is 449 g/mol. The fourth-order valence-electron chi connectivity index (χ4n) is 3.92. The predicted molar refractivity (Wildman–Crippen MR) is 119 cm³/mol. The summed E-state index contributed by atoms with van der Waals surface area (Å²) in [7, 11) is -3.70. The third kappa shape index (κ3) is 5.46. The van der Waals surface area contributed by atoms with Gasteiger partial charge in [-0.05, 0) is 50.8 Å². The van der Waals surface area contributed by atoms with E-state index in [-0.39, 0.29) is 17.0 Å². The summed E-state index contributed by atoms with van der Waals surface area (Å²) in [6, 6.07) is 4.64. The van der Waals surface area contributed by atoms with Crippen molar-refractivity contribution < 1.29 is 22.7 Å². The quantitative estimate of drug-likeness (QED) is 0.483. The largest absolute Gasteiger partial charge is 0.449 e. The highest BCUT2D eigenvalue weighted by Crippen LogP contribution is 2.30. The van der Waals surface area contributed by atoms with Gasteiger partial charge in [-0.3, -0.25) is 4.79 Å². The smallest absolute Gasteiger partial charge is 0.341 e. The Morgan fingerprint density at radius 3 is 2.42 bits per heavy atom. The van der Waals surface area contributed by atoms with Gasteiger partial charge in [0.15, 0.2) is 6.10 Å². The van der Waals surface area contributed by atoms with Gasteiger partial charge in [0.25, 0.3) is 5.91 Å². The lowest BCUT2D eigenvalue weighted by Crippen LogP contribution is -2.36. The lowest BCUT2D eigenvalue weighted by Gasteiger charge is -2.27. The summed E-state index contributed by atoms with van der Waals surface area (Å²) in [5.74, 6) is -1.15. The molecule has 8 nitrogen and oxygen atoms in total. The molecule has 1 aromatic rings. The van der Waals surface area contributed by atoms with E-state index in [9.17, 15) is 18.0 Å². The molecule has 0 saturated carbocycles. The average molecular weight is 450 g/mol. The molecule has 1 aromatic carbocycles. The summed E-state index contributed by atoms with van der Waals surface area (Å²) in [6.07, 6.45) is 5.21. The van der Waals surface area contributed by atoms with Crippen molar-refractivity contribution in [1.82, 2.24) is 9.62 Å². The summed E-state index contributed by atoms with van der Waals surface area (Å²) in [5, 5.41) is 2.59. The van der Waals surface area contributed by atoms with Crippen molar-refractivity contribution in [3.8, 4) is 0 Å². The first kappa shape index (κ1) is 23.3. The summed E-state index contributed by atoms with van der Waals surface area (Å²) in [5.41, 5.74) is 0.808. The van der Waals surface area contributed by atoms with Gasteiger partial charge in [-0.2, -0.15) is 4.31 Å². The Balaban J connectivity index is 1.89. The number of carbonyl (C=O) groups excluding carboxylic acids is 2. The molecule has 1 amide bonds. The highest BCUT2D eigenvalue weighted by atomic mass is 32.2. The number of anilines is 1. The molecule has 0 spiro atoms. The molecular formula is C22H31N3O5S. The summed E-state index contributed by atoms with van der Waals surface area (Å²) in [4.78, 5) is 27.2. The third-order valence-electron chi connectivity index (χ3n) is 5.66. The van der Waals surface area contributed by atoms with Crippen molar-refractivity contribution in [1.29, 1.82) is 0 Å². The Kier molecular flexibility index (Phi) is 7.72. The first-order chi connectivity index (χ1) is 14.8. The van der Waals surface area contributed by atoms with Crippen LogP contribution in [0.25, 0.3) is 0 Å². The Morgan fingerprint density at radius 2 is 1.77 bits per heavy atom. The van der Waals surface area contributed by atoms with Crippen LogP contribution in [0.3, 0.4) is 0 Å². The molecule has 0 aromatic heterocycles. The van der Waals surface area contributed by atoms with Gasteiger partial charge < -0.3 is 15.0 Å². The topological polar surface area (TPSA) is 96.0 Å². The number of sulfonamides is 1. The molecule has 3 rings (SSSR count). The van der Waals surface area contributed by atoms with Crippen LogP contribution >= 0.6 is 0 Å². The fraction of sp³-hybridized carbons (Fsp3) is 0.545. The maximum atomic E-state index is 13.1. The third-order valence-corrected chi connectivity index (χ3v) is 7.56. The van der Waals surface area contributed by atoms with Crippen LogP contribution in [0.2, 0.25) is 0 Å². The van der Waals surface area contributed by atoms with Gasteiger partial charge in [-0.1, -0.05) is 12.5 Å². The number of carbonyl (C=O) groups is 2. The molecule has 9 heteroatoms. The van der Waals surface area contributed by atoms with Crippen molar-refractivity contribution in [2.45, 2.75) is 50.0 Å². The Hall–Kier alpha value is -2.39. The van der Waals surface area contributed by atoms with Crippen LogP contribution in [0.5, 0.6) is 0 Å². The molecule has 1 N–H and O–H groups in total. The SMILES string of the molecule is C=CCNC(=O)C(C)OC(=O)c1cc(S(=O)(=O)N2CCCCC2)ccc1N1CCCC1. The number of benzene rings is 1. The molecule has 31 heavy (non-hydrogen) atoms. The zero-order valence-corrected chi connectivity index (χ0v) is 18.8. The highest BCUT2D eigenvalue weighted by Gasteiger charge is 2.30. The lowest BCUT2D eigenvalue weighted by atomic mass is 10.1. The molecule has 2 fully saturated rings. The van der Waals surface area contributed by atoms with E-state index in [4.69, 9.17) is 4.74 Å². The van der Waals surface area contributed by atoms with Crippen LogP contribution in [-0.2, 0) is 19.6 Å². The first-order valence-electron chi connectivity index (χ1n) is 10.8. The maximum absolute atomic E-state index is 13.1. The van der Waals surface area contributed by atoms with Crippen molar-refractivity contribution in [3.63, 3.8) is 0 Å². The number of nitrogens with zero attached hydrogens (tertiary/aromatic N) is 2. The number of hydrogen-bond donors (Lipinski definition) is 1. The molecule has 0 bridgehead atoms. The van der Waals surface area contributed by atoms with Crippen molar-refractivity contribution in [2.75, 3.05) is 37.6 Å². The molecule has 0 radical (unpaired) electrons.